The summed E-state index contributed by atoms with van der Waals surface area (Å²) < 4.78 is 0. The predicted molar refractivity (Wildman–Crippen MR) is 86.4 cm³/mol. The van der Waals surface area contributed by atoms with Gasteiger partial charge in [-0.3, -0.25) is 0 Å². The zero-order chi connectivity index (χ0) is 15.6. The van der Waals surface area contributed by atoms with E-state index in [9.17, 15) is 4.79 Å². The molecule has 0 amide bonds. The van der Waals surface area contributed by atoms with Gasteiger partial charge >= 0.3 is 5.97 Å². The highest BCUT2D eigenvalue weighted by Gasteiger charge is 2.11. The van der Waals surface area contributed by atoms with Crippen LogP contribution in [0.1, 0.15) is 15.9 Å². The summed E-state index contributed by atoms with van der Waals surface area (Å²) in [7, 11) is 1.85. The van der Waals surface area contributed by atoms with Crippen LogP contribution in [0.2, 0.25) is 10.0 Å². The summed E-state index contributed by atoms with van der Waals surface area (Å²) in [6, 6.07) is 9.89. The second-order valence-corrected chi connectivity index (χ2v) is 5.51. The Labute approximate surface area is 132 Å². The Morgan fingerprint density at radius 3 is 2.57 bits per heavy atom. The van der Waals surface area contributed by atoms with E-state index >= 15 is 0 Å². The third kappa shape index (κ3) is 3.60. The van der Waals surface area contributed by atoms with Gasteiger partial charge in [-0.15, -0.1) is 0 Å². The van der Waals surface area contributed by atoms with Gasteiger partial charge in [0.2, 0.25) is 0 Å². The van der Waals surface area contributed by atoms with Crippen molar-refractivity contribution in [3.05, 3.63) is 57.6 Å². The Morgan fingerprint density at radius 1 is 1.24 bits per heavy atom. The zero-order valence-corrected chi connectivity index (χ0v) is 12.8. The number of hydrogen-bond acceptors (Lipinski definition) is 3. The lowest BCUT2D eigenvalue weighted by Crippen LogP contribution is -2.18. The number of benzene rings is 2. The summed E-state index contributed by atoms with van der Waals surface area (Å²) in [6.07, 6.45) is 0. The second kappa shape index (κ2) is 6.24. The fraction of sp³-hybridized carbons (Fsp3) is 0.133. The number of carboxylic acid groups (broad SMARTS) is 1. The first-order valence-electron chi connectivity index (χ1n) is 6.16. The third-order valence-electron chi connectivity index (χ3n) is 3.10. The van der Waals surface area contributed by atoms with Crippen LogP contribution in [0.3, 0.4) is 0 Å². The SMILES string of the molecule is CN(Cc1cc(Cl)ccc1Cl)c1ccc(C(=O)O)cc1N. The molecule has 0 radical (unpaired) electrons. The largest absolute Gasteiger partial charge is 0.478 e. The van der Waals surface area contributed by atoms with E-state index in [1.807, 2.05) is 11.9 Å². The number of halogens is 2. The number of anilines is 2. The van der Waals surface area contributed by atoms with E-state index in [1.54, 1.807) is 24.3 Å². The van der Waals surface area contributed by atoms with E-state index in [4.69, 9.17) is 34.0 Å². The first kappa shape index (κ1) is 15.5. The molecule has 6 heteroatoms. The molecule has 0 aromatic heterocycles. The zero-order valence-electron chi connectivity index (χ0n) is 11.3. The van der Waals surface area contributed by atoms with Gasteiger partial charge < -0.3 is 15.7 Å². The van der Waals surface area contributed by atoms with E-state index in [2.05, 4.69) is 0 Å². The van der Waals surface area contributed by atoms with Crippen molar-refractivity contribution in [1.82, 2.24) is 0 Å². The van der Waals surface area contributed by atoms with E-state index in [1.165, 1.54) is 12.1 Å². The number of hydrogen-bond donors (Lipinski definition) is 2. The highest BCUT2D eigenvalue weighted by molar-refractivity contribution is 6.33. The third-order valence-corrected chi connectivity index (χ3v) is 3.70. The van der Waals surface area contributed by atoms with E-state index in [-0.39, 0.29) is 5.56 Å². The van der Waals surface area contributed by atoms with Crippen molar-refractivity contribution in [2.24, 2.45) is 0 Å². The molecule has 2 aromatic rings. The lowest BCUT2D eigenvalue weighted by molar-refractivity contribution is 0.0697. The van der Waals surface area contributed by atoms with Crippen molar-refractivity contribution in [3.8, 4) is 0 Å². The van der Waals surface area contributed by atoms with Crippen LogP contribution in [0.25, 0.3) is 0 Å². The molecule has 0 saturated carbocycles. The van der Waals surface area contributed by atoms with Crippen LogP contribution in [0.4, 0.5) is 11.4 Å². The first-order chi connectivity index (χ1) is 9.88. The van der Waals surface area contributed by atoms with Crippen molar-refractivity contribution in [2.75, 3.05) is 17.7 Å². The lowest BCUT2D eigenvalue weighted by atomic mass is 10.1. The molecule has 2 rings (SSSR count). The van der Waals surface area contributed by atoms with E-state index in [0.29, 0.717) is 22.3 Å². The molecule has 0 bridgehead atoms. The summed E-state index contributed by atoms with van der Waals surface area (Å²) in [6.45, 7) is 0.510. The second-order valence-electron chi connectivity index (χ2n) is 4.67. The number of nitrogens with zero attached hydrogens (tertiary/aromatic N) is 1. The highest BCUT2D eigenvalue weighted by Crippen LogP contribution is 2.27. The molecule has 0 spiro atoms. The molecule has 0 atom stereocenters. The molecule has 0 aliphatic heterocycles. The number of rotatable bonds is 4. The summed E-state index contributed by atoms with van der Waals surface area (Å²) in [5, 5.41) is 10.2. The molecule has 21 heavy (non-hydrogen) atoms. The number of carboxylic acids is 1. The Morgan fingerprint density at radius 2 is 1.95 bits per heavy atom. The Balaban J connectivity index is 2.26. The maximum atomic E-state index is 10.9. The fourth-order valence-electron chi connectivity index (χ4n) is 2.04. The molecule has 0 unspecified atom stereocenters. The minimum atomic E-state index is -1.01. The van der Waals surface area contributed by atoms with Crippen molar-refractivity contribution >= 4 is 40.5 Å². The van der Waals surface area contributed by atoms with Crippen molar-refractivity contribution in [2.45, 2.75) is 6.54 Å². The number of nitrogens with two attached hydrogens (primary N) is 1. The minimum absolute atomic E-state index is 0.158. The Kier molecular flexibility index (Phi) is 4.60. The maximum absolute atomic E-state index is 10.9. The number of aromatic carboxylic acids is 1. The standard InChI is InChI=1S/C15H14Cl2N2O2/c1-19(8-10-6-11(16)3-4-12(10)17)14-5-2-9(15(20)21)7-13(14)18/h2-7H,8,18H2,1H3,(H,20,21). The normalized spacial score (nSPS) is 10.4. The molecule has 2 aromatic carbocycles. The monoisotopic (exact) mass is 324 g/mol. The summed E-state index contributed by atoms with van der Waals surface area (Å²) >= 11 is 12.1. The maximum Gasteiger partial charge on any atom is 0.335 e. The lowest BCUT2D eigenvalue weighted by Gasteiger charge is -2.22. The predicted octanol–water partition coefficient (Wildman–Crippen LogP) is 3.91. The van der Waals surface area contributed by atoms with Crippen LogP contribution in [0, 0.1) is 0 Å². The molecule has 0 aliphatic rings. The van der Waals surface area contributed by atoms with E-state index in [0.717, 1.165) is 11.3 Å². The van der Waals surface area contributed by atoms with Gasteiger partial charge in [0.05, 0.1) is 16.9 Å². The molecule has 0 fully saturated rings. The van der Waals surface area contributed by atoms with Crippen LogP contribution in [0.5, 0.6) is 0 Å². The minimum Gasteiger partial charge on any atom is -0.478 e. The van der Waals surface area contributed by atoms with Crippen LogP contribution in [-0.2, 0) is 6.54 Å². The molecule has 110 valence electrons. The summed E-state index contributed by atoms with van der Waals surface area (Å²) in [4.78, 5) is 12.8. The molecular weight excluding hydrogens is 311 g/mol. The van der Waals surface area contributed by atoms with E-state index < -0.39 is 5.97 Å². The molecule has 4 nitrogen and oxygen atoms in total. The smallest absolute Gasteiger partial charge is 0.335 e. The average Bonchev–Trinajstić information content (AvgIpc) is 2.42. The van der Waals surface area contributed by atoms with Crippen LogP contribution >= 0.6 is 23.2 Å². The van der Waals surface area contributed by atoms with Crippen LogP contribution < -0.4 is 10.6 Å². The summed E-state index contributed by atoms with van der Waals surface area (Å²) in [5.41, 5.74) is 8.08. The Hall–Kier alpha value is -1.91. The van der Waals surface area contributed by atoms with Crippen molar-refractivity contribution < 1.29 is 9.90 Å². The van der Waals surface area contributed by atoms with Gasteiger partial charge in [-0.05, 0) is 42.0 Å². The van der Waals surface area contributed by atoms with Gasteiger partial charge in [0.1, 0.15) is 0 Å². The Bertz CT molecular complexity index is 689. The summed E-state index contributed by atoms with van der Waals surface area (Å²) in [5.74, 6) is -1.01. The highest BCUT2D eigenvalue weighted by atomic mass is 35.5. The van der Waals surface area contributed by atoms with Crippen molar-refractivity contribution in [1.29, 1.82) is 0 Å². The van der Waals surface area contributed by atoms with Gasteiger partial charge in [0, 0.05) is 23.6 Å². The van der Waals surface area contributed by atoms with Crippen molar-refractivity contribution in [3.63, 3.8) is 0 Å². The average molecular weight is 325 g/mol. The van der Waals surface area contributed by atoms with Gasteiger partial charge in [-0.25, -0.2) is 4.79 Å². The van der Waals surface area contributed by atoms with Gasteiger partial charge in [0.15, 0.2) is 0 Å². The molecule has 0 heterocycles. The topological polar surface area (TPSA) is 66.6 Å². The fourth-order valence-corrected chi connectivity index (χ4v) is 2.41. The molecule has 3 N–H and O–H groups in total. The van der Waals surface area contributed by atoms with Crippen LogP contribution in [0.15, 0.2) is 36.4 Å². The van der Waals surface area contributed by atoms with Gasteiger partial charge in [-0.2, -0.15) is 0 Å². The number of nitrogen functional groups attached to an aromatic ring is 1. The number of carbonyl (C=O) groups is 1. The quantitative estimate of drug-likeness (QED) is 0.837. The van der Waals surface area contributed by atoms with Crippen LogP contribution in [-0.4, -0.2) is 18.1 Å². The van der Waals surface area contributed by atoms with Gasteiger partial charge in [0.25, 0.3) is 0 Å². The van der Waals surface area contributed by atoms with Gasteiger partial charge in [-0.1, -0.05) is 23.2 Å². The molecular formula is C15H14Cl2N2O2. The first-order valence-corrected chi connectivity index (χ1v) is 6.92. The molecule has 0 saturated heterocycles. The molecule has 0 aliphatic carbocycles.